The molecule has 0 spiro atoms. The van der Waals surface area contributed by atoms with Crippen LogP contribution in [0.4, 0.5) is 5.13 Å². The van der Waals surface area contributed by atoms with Crippen LogP contribution in [0.25, 0.3) is 10.2 Å². The van der Waals surface area contributed by atoms with Crippen LogP contribution in [-0.4, -0.2) is 55.7 Å². The van der Waals surface area contributed by atoms with Crippen molar-refractivity contribution in [3.8, 4) is 11.5 Å². The van der Waals surface area contributed by atoms with Crippen LogP contribution in [-0.2, 0) is 4.79 Å². The maximum atomic E-state index is 13.1. The lowest BCUT2D eigenvalue weighted by Crippen LogP contribution is -2.41. The average molecular weight is 450 g/mol. The number of aromatic nitrogens is 1. The predicted molar refractivity (Wildman–Crippen MR) is 125 cm³/mol. The van der Waals surface area contributed by atoms with Crippen LogP contribution in [0, 0.1) is 0 Å². The lowest BCUT2D eigenvalue weighted by atomic mass is 10.3. The summed E-state index contributed by atoms with van der Waals surface area (Å²) >= 11 is 1.49. The number of ether oxygens (including phenoxy) is 2. The Labute approximate surface area is 187 Å². The molecule has 1 amide bonds. The second kappa shape index (κ2) is 11.7. The van der Waals surface area contributed by atoms with Crippen LogP contribution in [0.1, 0.15) is 13.8 Å². The van der Waals surface area contributed by atoms with Crippen LogP contribution in [0.15, 0.2) is 48.5 Å². The van der Waals surface area contributed by atoms with Gasteiger partial charge < -0.3 is 14.4 Å². The summed E-state index contributed by atoms with van der Waals surface area (Å²) in [5.41, 5.74) is 0.777. The number of thiazole rings is 1. The van der Waals surface area contributed by atoms with E-state index in [0.29, 0.717) is 23.2 Å². The third-order valence-corrected chi connectivity index (χ3v) is 5.81. The monoisotopic (exact) mass is 449 g/mol. The van der Waals surface area contributed by atoms with E-state index < -0.39 is 0 Å². The molecular weight excluding hydrogens is 422 g/mol. The van der Waals surface area contributed by atoms with Crippen molar-refractivity contribution in [1.82, 2.24) is 9.88 Å². The number of halogens is 1. The van der Waals surface area contributed by atoms with Gasteiger partial charge in [0.25, 0.3) is 5.91 Å². The number of fused-ring (bicyclic) bond motifs is 1. The van der Waals surface area contributed by atoms with E-state index in [9.17, 15) is 4.79 Å². The molecule has 2 aromatic carbocycles. The molecule has 0 radical (unpaired) electrons. The molecule has 0 atom stereocenters. The van der Waals surface area contributed by atoms with Gasteiger partial charge in [-0.15, -0.1) is 12.4 Å². The van der Waals surface area contributed by atoms with Gasteiger partial charge in [0.1, 0.15) is 17.0 Å². The largest absolute Gasteiger partial charge is 0.494 e. The minimum atomic E-state index is -0.112. The number of carbonyl (C=O) groups excluding carboxylic acids is 1. The first kappa shape index (κ1) is 23.9. The highest BCUT2D eigenvalue weighted by Gasteiger charge is 2.22. The molecular formula is C22H28ClN3O3S. The summed E-state index contributed by atoms with van der Waals surface area (Å²) in [5.74, 6) is 1.27. The van der Waals surface area contributed by atoms with E-state index >= 15 is 0 Å². The molecule has 0 fully saturated rings. The quantitative estimate of drug-likeness (QED) is 0.456. The fourth-order valence-corrected chi connectivity index (χ4v) is 4.07. The number of para-hydroxylation sites is 2. The SMILES string of the molecule is CCN(CC)CCN(C(=O)COc1ccccc1)c1nc2c(OC)cccc2s1.Cl. The van der Waals surface area contributed by atoms with Gasteiger partial charge in [0.05, 0.1) is 11.8 Å². The number of rotatable bonds is 10. The standard InChI is InChI=1S/C22H27N3O3S.ClH/c1-4-24(5-2)14-15-25(20(26)16-28-17-10-7-6-8-11-17)22-23-21-18(27-3)12-9-13-19(21)29-22;/h6-13H,4-5,14-16H2,1-3H3;1H. The molecule has 162 valence electrons. The molecule has 30 heavy (non-hydrogen) atoms. The van der Waals surface area contributed by atoms with Crippen molar-refractivity contribution in [2.75, 3.05) is 44.8 Å². The summed E-state index contributed by atoms with van der Waals surface area (Å²) in [5, 5.41) is 0.665. The highest BCUT2D eigenvalue weighted by molar-refractivity contribution is 7.22. The van der Waals surface area contributed by atoms with Crippen molar-refractivity contribution < 1.29 is 14.3 Å². The van der Waals surface area contributed by atoms with Crippen molar-refractivity contribution >= 4 is 45.0 Å². The third kappa shape index (κ3) is 5.84. The molecule has 0 saturated heterocycles. The zero-order valence-electron chi connectivity index (χ0n) is 17.5. The number of likely N-dealkylation sites (N-methyl/N-ethyl adjacent to an activating group) is 1. The van der Waals surface area contributed by atoms with Gasteiger partial charge in [0.2, 0.25) is 0 Å². The minimum Gasteiger partial charge on any atom is -0.494 e. The van der Waals surface area contributed by atoms with Gasteiger partial charge in [-0.25, -0.2) is 4.98 Å². The first-order valence-electron chi connectivity index (χ1n) is 9.80. The third-order valence-electron chi connectivity index (χ3n) is 4.76. The predicted octanol–water partition coefficient (Wildman–Crippen LogP) is 4.48. The summed E-state index contributed by atoms with van der Waals surface area (Å²) in [6.45, 7) is 7.42. The van der Waals surface area contributed by atoms with Crippen molar-refractivity contribution in [2.24, 2.45) is 0 Å². The summed E-state index contributed by atoms with van der Waals surface area (Å²) < 4.78 is 12.1. The number of benzene rings is 2. The average Bonchev–Trinajstić information content (AvgIpc) is 3.20. The zero-order valence-corrected chi connectivity index (χ0v) is 19.2. The molecule has 0 aliphatic carbocycles. The first-order valence-corrected chi connectivity index (χ1v) is 10.6. The maximum Gasteiger partial charge on any atom is 0.266 e. The first-order chi connectivity index (χ1) is 14.2. The smallest absolute Gasteiger partial charge is 0.266 e. The van der Waals surface area contributed by atoms with Gasteiger partial charge in [0.15, 0.2) is 11.7 Å². The molecule has 1 heterocycles. The van der Waals surface area contributed by atoms with Crippen LogP contribution in [0.3, 0.4) is 0 Å². The number of nitrogens with zero attached hydrogens (tertiary/aromatic N) is 3. The molecule has 3 aromatic rings. The minimum absolute atomic E-state index is 0. The van der Waals surface area contributed by atoms with Gasteiger partial charge in [-0.05, 0) is 37.4 Å². The molecule has 0 saturated carbocycles. The van der Waals surface area contributed by atoms with Gasteiger partial charge in [-0.3, -0.25) is 9.69 Å². The van der Waals surface area contributed by atoms with E-state index in [1.807, 2.05) is 48.5 Å². The van der Waals surface area contributed by atoms with E-state index in [4.69, 9.17) is 14.5 Å². The lowest BCUT2D eigenvalue weighted by Gasteiger charge is -2.24. The van der Waals surface area contributed by atoms with Crippen molar-refractivity contribution in [1.29, 1.82) is 0 Å². The van der Waals surface area contributed by atoms with Crippen LogP contribution in [0.2, 0.25) is 0 Å². The number of hydrogen-bond donors (Lipinski definition) is 0. The fraction of sp³-hybridized carbons (Fsp3) is 0.364. The second-order valence-corrected chi connectivity index (χ2v) is 7.49. The van der Waals surface area contributed by atoms with E-state index in [-0.39, 0.29) is 24.9 Å². The van der Waals surface area contributed by atoms with Gasteiger partial charge in [-0.2, -0.15) is 0 Å². The number of hydrogen-bond acceptors (Lipinski definition) is 6. The van der Waals surface area contributed by atoms with Crippen molar-refractivity contribution in [3.05, 3.63) is 48.5 Å². The fourth-order valence-electron chi connectivity index (χ4n) is 3.04. The maximum absolute atomic E-state index is 13.1. The molecule has 1 aromatic heterocycles. The summed E-state index contributed by atoms with van der Waals surface area (Å²) in [4.78, 5) is 21.8. The molecule has 3 rings (SSSR count). The highest BCUT2D eigenvalue weighted by Crippen LogP contribution is 2.34. The Morgan fingerprint density at radius 1 is 1.03 bits per heavy atom. The van der Waals surface area contributed by atoms with Gasteiger partial charge >= 0.3 is 0 Å². The number of carbonyl (C=O) groups is 1. The Hall–Kier alpha value is -2.35. The van der Waals surface area contributed by atoms with Crippen LogP contribution < -0.4 is 14.4 Å². The summed E-state index contributed by atoms with van der Waals surface area (Å²) in [6.07, 6.45) is 0. The normalized spacial score (nSPS) is 10.7. The topological polar surface area (TPSA) is 54.9 Å². The van der Waals surface area contributed by atoms with E-state index in [0.717, 1.165) is 29.9 Å². The molecule has 8 heteroatoms. The number of anilines is 1. The number of amides is 1. The van der Waals surface area contributed by atoms with E-state index in [1.165, 1.54) is 11.3 Å². The highest BCUT2D eigenvalue weighted by atomic mass is 35.5. The van der Waals surface area contributed by atoms with Crippen molar-refractivity contribution in [2.45, 2.75) is 13.8 Å². The van der Waals surface area contributed by atoms with Crippen molar-refractivity contribution in [3.63, 3.8) is 0 Å². The Bertz CT molecular complexity index is 932. The Morgan fingerprint density at radius 3 is 2.43 bits per heavy atom. The summed E-state index contributed by atoms with van der Waals surface area (Å²) in [7, 11) is 1.63. The van der Waals surface area contributed by atoms with E-state index in [1.54, 1.807) is 12.0 Å². The second-order valence-electron chi connectivity index (χ2n) is 6.48. The van der Waals surface area contributed by atoms with Gasteiger partial charge in [0, 0.05) is 13.1 Å². The summed E-state index contributed by atoms with van der Waals surface area (Å²) in [6, 6.07) is 15.2. The van der Waals surface area contributed by atoms with Gasteiger partial charge in [-0.1, -0.05) is 49.4 Å². The Kier molecular flexibility index (Phi) is 9.36. The van der Waals surface area contributed by atoms with Crippen LogP contribution >= 0.6 is 23.7 Å². The Morgan fingerprint density at radius 2 is 1.77 bits per heavy atom. The Balaban J connectivity index is 0.00000320. The molecule has 0 aliphatic rings. The van der Waals surface area contributed by atoms with E-state index in [2.05, 4.69) is 18.7 Å². The molecule has 0 N–H and O–H groups in total. The molecule has 0 aliphatic heterocycles. The zero-order chi connectivity index (χ0) is 20.6. The van der Waals surface area contributed by atoms with Crippen LogP contribution in [0.5, 0.6) is 11.5 Å². The molecule has 6 nitrogen and oxygen atoms in total. The molecule has 0 unspecified atom stereocenters. The number of methoxy groups -OCH3 is 1. The lowest BCUT2D eigenvalue weighted by molar-refractivity contribution is -0.120. The molecule has 0 bridgehead atoms.